The van der Waals surface area contributed by atoms with Crippen molar-refractivity contribution in [3.8, 4) is 0 Å². The van der Waals surface area contributed by atoms with Crippen LogP contribution in [0.3, 0.4) is 0 Å². The third-order valence-electron chi connectivity index (χ3n) is 4.00. The summed E-state index contributed by atoms with van der Waals surface area (Å²) in [5.74, 6) is -0.595. The number of aromatic nitrogens is 1. The van der Waals surface area contributed by atoms with E-state index >= 15 is 0 Å². The van der Waals surface area contributed by atoms with Crippen LogP contribution in [-0.4, -0.2) is 31.0 Å². The topological polar surface area (TPSA) is 71.5 Å². The van der Waals surface area contributed by atoms with Crippen molar-refractivity contribution in [1.29, 1.82) is 0 Å². The monoisotopic (exact) mass is 361 g/mol. The van der Waals surface area contributed by atoms with Gasteiger partial charge in [-0.3, -0.25) is 4.79 Å². The van der Waals surface area contributed by atoms with Crippen LogP contribution in [0.1, 0.15) is 20.8 Å². The minimum atomic E-state index is -0.401. The van der Waals surface area contributed by atoms with Crippen LogP contribution in [0, 0.1) is 0 Å². The molecule has 6 nitrogen and oxygen atoms in total. The lowest BCUT2D eigenvalue weighted by Gasteiger charge is -2.17. The molecule has 0 radical (unpaired) electrons. The van der Waals surface area contributed by atoms with Gasteiger partial charge in [0.25, 0.3) is 5.91 Å². The Bertz CT molecular complexity index is 940. The molecule has 3 rings (SSSR count). The third-order valence-corrected chi connectivity index (χ3v) is 4.00. The molecule has 0 aliphatic rings. The van der Waals surface area contributed by atoms with E-state index in [2.05, 4.69) is 10.3 Å². The maximum absolute atomic E-state index is 12.6. The molecular weight excluding hydrogens is 342 g/mol. The fourth-order valence-electron chi connectivity index (χ4n) is 2.54. The maximum atomic E-state index is 12.6. The molecule has 0 aliphatic heterocycles. The lowest BCUT2D eigenvalue weighted by molar-refractivity contribution is 0.0600. The highest BCUT2D eigenvalue weighted by Gasteiger charge is 2.14. The summed E-state index contributed by atoms with van der Waals surface area (Å²) in [7, 11) is 3.05. The van der Waals surface area contributed by atoms with Crippen LogP contribution in [0.25, 0.3) is 0 Å². The van der Waals surface area contributed by atoms with Gasteiger partial charge in [-0.15, -0.1) is 0 Å². The van der Waals surface area contributed by atoms with Gasteiger partial charge in [-0.25, -0.2) is 9.78 Å². The van der Waals surface area contributed by atoms with Gasteiger partial charge in [0.2, 0.25) is 0 Å². The Morgan fingerprint density at radius 2 is 1.74 bits per heavy atom. The van der Waals surface area contributed by atoms with Crippen LogP contribution in [0.15, 0.2) is 72.9 Å². The van der Waals surface area contributed by atoms with Crippen molar-refractivity contribution >= 4 is 28.9 Å². The highest BCUT2D eigenvalue weighted by Crippen LogP contribution is 2.19. The molecule has 1 amide bonds. The summed E-state index contributed by atoms with van der Waals surface area (Å²) < 4.78 is 4.72. The first-order chi connectivity index (χ1) is 13.1. The van der Waals surface area contributed by atoms with Gasteiger partial charge in [0.1, 0.15) is 5.69 Å². The Kier molecular flexibility index (Phi) is 5.47. The molecule has 0 saturated heterocycles. The number of amides is 1. The highest BCUT2D eigenvalue weighted by atomic mass is 16.5. The molecule has 0 fully saturated rings. The molecule has 0 atom stereocenters. The number of anilines is 3. The van der Waals surface area contributed by atoms with Gasteiger partial charge in [0, 0.05) is 18.4 Å². The number of hydrogen-bond acceptors (Lipinski definition) is 5. The first kappa shape index (κ1) is 18.1. The van der Waals surface area contributed by atoms with Gasteiger partial charge in [0.15, 0.2) is 0 Å². The number of pyridine rings is 1. The normalized spacial score (nSPS) is 10.1. The second-order valence-electron chi connectivity index (χ2n) is 5.83. The van der Waals surface area contributed by atoms with Gasteiger partial charge < -0.3 is 15.0 Å². The molecule has 0 unspecified atom stereocenters. The Hall–Kier alpha value is -3.67. The zero-order valence-electron chi connectivity index (χ0n) is 15.0. The smallest absolute Gasteiger partial charge is 0.337 e. The van der Waals surface area contributed by atoms with E-state index in [9.17, 15) is 9.59 Å². The number of nitrogens with one attached hydrogen (secondary N) is 1. The van der Waals surface area contributed by atoms with Crippen molar-refractivity contribution in [3.63, 3.8) is 0 Å². The number of para-hydroxylation sites is 1. The first-order valence-corrected chi connectivity index (χ1v) is 8.33. The lowest BCUT2D eigenvalue weighted by Crippen LogP contribution is -2.26. The third kappa shape index (κ3) is 4.30. The Morgan fingerprint density at radius 3 is 2.41 bits per heavy atom. The molecule has 0 saturated carbocycles. The second kappa shape index (κ2) is 8.14. The number of hydrogen-bond donors (Lipinski definition) is 1. The Morgan fingerprint density at radius 1 is 0.963 bits per heavy atom. The Labute approximate surface area is 157 Å². The molecule has 0 aliphatic carbocycles. The van der Waals surface area contributed by atoms with Crippen LogP contribution >= 0.6 is 0 Å². The molecule has 1 heterocycles. The summed E-state index contributed by atoms with van der Waals surface area (Å²) in [5, 5.41) is 3.16. The van der Waals surface area contributed by atoms with Crippen LogP contribution in [0.4, 0.5) is 17.1 Å². The Balaban J connectivity index is 1.72. The predicted molar refractivity (Wildman–Crippen MR) is 104 cm³/mol. The first-order valence-electron chi connectivity index (χ1n) is 8.33. The molecule has 1 N–H and O–H groups in total. The number of ether oxygens (including phenoxy) is 1. The zero-order chi connectivity index (χ0) is 19.2. The van der Waals surface area contributed by atoms with E-state index in [4.69, 9.17) is 4.74 Å². The van der Waals surface area contributed by atoms with Gasteiger partial charge in [-0.1, -0.05) is 24.3 Å². The quantitative estimate of drug-likeness (QED) is 0.698. The molecule has 136 valence electrons. The SMILES string of the molecule is COC(=O)c1cccc(Nc2ccc(C(=O)N(C)c3ccccc3)nc2)c1. The van der Waals surface area contributed by atoms with Crippen molar-refractivity contribution in [1.82, 2.24) is 4.98 Å². The van der Waals surface area contributed by atoms with Gasteiger partial charge in [-0.05, 0) is 42.5 Å². The number of rotatable bonds is 5. The highest BCUT2D eigenvalue weighted by molar-refractivity contribution is 6.04. The molecule has 27 heavy (non-hydrogen) atoms. The van der Waals surface area contributed by atoms with E-state index in [0.29, 0.717) is 16.9 Å². The van der Waals surface area contributed by atoms with Crippen LogP contribution < -0.4 is 10.2 Å². The molecule has 2 aromatic carbocycles. The van der Waals surface area contributed by atoms with Crippen molar-refractivity contribution in [2.45, 2.75) is 0 Å². The summed E-state index contributed by atoms with van der Waals surface area (Å²) >= 11 is 0. The van der Waals surface area contributed by atoms with Gasteiger partial charge >= 0.3 is 5.97 Å². The van der Waals surface area contributed by atoms with Crippen LogP contribution in [0.2, 0.25) is 0 Å². The summed E-state index contributed by atoms with van der Waals surface area (Å²) in [4.78, 5) is 30.0. The van der Waals surface area contributed by atoms with Gasteiger partial charge in [0.05, 0.1) is 24.6 Å². The summed E-state index contributed by atoms with van der Waals surface area (Å²) in [5.41, 5.74) is 3.02. The van der Waals surface area contributed by atoms with E-state index < -0.39 is 5.97 Å². The summed E-state index contributed by atoms with van der Waals surface area (Å²) in [6, 6.07) is 19.8. The second-order valence-corrected chi connectivity index (χ2v) is 5.83. The number of nitrogens with zero attached hydrogens (tertiary/aromatic N) is 2. The van der Waals surface area contributed by atoms with Crippen molar-refractivity contribution in [2.75, 3.05) is 24.4 Å². The van der Waals surface area contributed by atoms with Crippen molar-refractivity contribution in [3.05, 3.63) is 84.2 Å². The summed E-state index contributed by atoms with van der Waals surface area (Å²) in [6.45, 7) is 0. The number of benzene rings is 2. The number of carbonyl (C=O) groups is 2. The molecule has 6 heteroatoms. The van der Waals surface area contributed by atoms with Crippen LogP contribution in [0.5, 0.6) is 0 Å². The molecule has 1 aromatic heterocycles. The largest absolute Gasteiger partial charge is 0.465 e. The minimum absolute atomic E-state index is 0.194. The number of methoxy groups -OCH3 is 1. The van der Waals surface area contributed by atoms with Crippen LogP contribution in [-0.2, 0) is 4.74 Å². The predicted octanol–water partition coefficient (Wildman–Crippen LogP) is 3.89. The number of esters is 1. The van der Waals surface area contributed by atoms with Gasteiger partial charge in [-0.2, -0.15) is 0 Å². The molecule has 0 spiro atoms. The van der Waals surface area contributed by atoms with E-state index in [1.165, 1.54) is 7.11 Å². The van der Waals surface area contributed by atoms with E-state index in [1.807, 2.05) is 36.4 Å². The number of carbonyl (C=O) groups excluding carboxylic acids is 2. The molecular formula is C21H19N3O3. The standard InChI is InChI=1S/C21H19N3O3/c1-24(18-9-4-3-5-10-18)20(25)19-12-11-17(14-22-19)23-16-8-6-7-15(13-16)21(26)27-2/h3-14,23H,1-2H3. The van der Waals surface area contributed by atoms with E-state index in [-0.39, 0.29) is 5.91 Å². The van der Waals surface area contributed by atoms with Crippen molar-refractivity contribution < 1.29 is 14.3 Å². The fourth-order valence-corrected chi connectivity index (χ4v) is 2.54. The lowest BCUT2D eigenvalue weighted by atomic mass is 10.2. The molecule has 0 bridgehead atoms. The zero-order valence-corrected chi connectivity index (χ0v) is 15.0. The summed E-state index contributed by atoms with van der Waals surface area (Å²) in [6.07, 6.45) is 1.58. The average Bonchev–Trinajstić information content (AvgIpc) is 2.73. The van der Waals surface area contributed by atoms with Crippen molar-refractivity contribution in [2.24, 2.45) is 0 Å². The molecule has 3 aromatic rings. The average molecular weight is 361 g/mol. The van der Waals surface area contributed by atoms with E-state index in [1.54, 1.807) is 48.5 Å². The minimum Gasteiger partial charge on any atom is -0.465 e. The van der Waals surface area contributed by atoms with E-state index in [0.717, 1.165) is 11.4 Å². The fraction of sp³-hybridized carbons (Fsp3) is 0.0952. The maximum Gasteiger partial charge on any atom is 0.337 e.